The van der Waals surface area contributed by atoms with Gasteiger partial charge in [-0.3, -0.25) is 4.79 Å². The highest BCUT2D eigenvalue weighted by molar-refractivity contribution is 7.89. The number of rotatable bonds is 7. The van der Waals surface area contributed by atoms with Crippen molar-refractivity contribution in [2.45, 2.75) is 49.5 Å². The van der Waals surface area contributed by atoms with E-state index in [0.29, 0.717) is 18.0 Å². The average molecular weight is 427 g/mol. The van der Waals surface area contributed by atoms with Crippen LogP contribution in [0, 0.1) is 0 Å². The number of nitrogens with one attached hydrogen (secondary N) is 3. The number of methoxy groups -OCH3 is 1. The van der Waals surface area contributed by atoms with Crippen LogP contribution in [0.5, 0.6) is 5.75 Å². The fraction of sp³-hybridized carbons (Fsp3) is 0.650. The van der Waals surface area contributed by atoms with E-state index in [1.807, 2.05) is 0 Å². The summed E-state index contributed by atoms with van der Waals surface area (Å²) in [5.41, 5.74) is 0.371. The normalized spacial score (nSPS) is 20.2. The number of carbonyl (C=O) groups excluding carboxylic acids is 1. The van der Waals surface area contributed by atoms with Crippen LogP contribution < -0.4 is 19.7 Å². The molecular weight excluding hydrogens is 394 g/mol. The molecule has 29 heavy (non-hydrogen) atoms. The van der Waals surface area contributed by atoms with Crippen LogP contribution in [0.15, 0.2) is 23.1 Å². The summed E-state index contributed by atoms with van der Waals surface area (Å²) in [7, 11) is -2.25. The summed E-state index contributed by atoms with van der Waals surface area (Å²) in [5, 5.41) is 2.64. The maximum absolute atomic E-state index is 13.0. The lowest BCUT2D eigenvalue weighted by molar-refractivity contribution is -0.960. The quantitative estimate of drug-likeness (QED) is 0.592. The zero-order valence-corrected chi connectivity index (χ0v) is 18.1. The average Bonchev–Trinajstić information content (AvgIpc) is 2.73. The summed E-state index contributed by atoms with van der Waals surface area (Å²) in [5.74, 6) is 0.0685. The summed E-state index contributed by atoms with van der Waals surface area (Å²) in [6.07, 6.45) is 5.52. The highest BCUT2D eigenvalue weighted by atomic mass is 32.2. The minimum Gasteiger partial charge on any atom is -0.495 e. The Kier molecular flexibility index (Phi) is 7.15. The molecule has 0 aromatic heterocycles. The number of amides is 1. The minimum atomic E-state index is -3.70. The molecule has 9 heteroatoms. The third-order valence-corrected chi connectivity index (χ3v) is 7.45. The van der Waals surface area contributed by atoms with Gasteiger partial charge >= 0.3 is 0 Å². The molecule has 1 aliphatic heterocycles. The van der Waals surface area contributed by atoms with Crippen LogP contribution in [0.3, 0.4) is 0 Å². The van der Waals surface area contributed by atoms with Crippen molar-refractivity contribution in [3.05, 3.63) is 18.2 Å². The van der Waals surface area contributed by atoms with Crippen molar-refractivity contribution in [1.29, 1.82) is 0 Å². The van der Waals surface area contributed by atoms with Crippen LogP contribution in [-0.4, -0.2) is 59.8 Å². The Morgan fingerprint density at radius 1 is 1.21 bits per heavy atom. The third-order valence-electron chi connectivity index (χ3n) is 6.05. The van der Waals surface area contributed by atoms with E-state index in [0.717, 1.165) is 52.0 Å². The van der Waals surface area contributed by atoms with Crippen LogP contribution in [0.4, 0.5) is 5.69 Å². The third kappa shape index (κ3) is 5.28. The van der Waals surface area contributed by atoms with Gasteiger partial charge in [0.1, 0.15) is 24.4 Å². The smallest absolute Gasteiger partial charge is 0.240 e. The molecule has 0 spiro atoms. The second kappa shape index (κ2) is 9.42. The lowest BCUT2D eigenvalue weighted by Crippen LogP contribution is -3.23. The van der Waals surface area contributed by atoms with Gasteiger partial charge in [-0.15, -0.1) is 0 Å². The SMILES string of the molecule is COc1cc(S(=O)(=O)NCC2([NH+]3CCOCC3)CCCCC2)ccc1NC(C)=O. The first kappa shape index (κ1) is 22.0. The van der Waals surface area contributed by atoms with Crippen molar-refractivity contribution in [2.75, 3.05) is 45.3 Å². The lowest BCUT2D eigenvalue weighted by Gasteiger charge is -2.44. The molecular formula is C20H32N3O5S+. The lowest BCUT2D eigenvalue weighted by atomic mass is 9.80. The highest BCUT2D eigenvalue weighted by Gasteiger charge is 2.43. The number of hydrogen-bond donors (Lipinski definition) is 3. The second-order valence-corrected chi connectivity index (χ2v) is 9.69. The number of carbonyl (C=O) groups is 1. The van der Waals surface area contributed by atoms with Gasteiger partial charge in [-0.1, -0.05) is 6.42 Å². The predicted octanol–water partition coefficient (Wildman–Crippen LogP) is 0.550. The number of benzene rings is 1. The molecule has 8 nitrogen and oxygen atoms in total. The molecule has 3 rings (SSSR count). The molecule has 0 bridgehead atoms. The molecule has 2 fully saturated rings. The van der Waals surface area contributed by atoms with Gasteiger partial charge in [-0.25, -0.2) is 13.1 Å². The molecule has 1 aliphatic carbocycles. The number of anilines is 1. The summed E-state index contributed by atoms with van der Waals surface area (Å²) in [6.45, 7) is 5.10. The van der Waals surface area contributed by atoms with E-state index in [2.05, 4.69) is 10.0 Å². The molecule has 162 valence electrons. The first-order valence-electron chi connectivity index (χ1n) is 10.2. The second-order valence-electron chi connectivity index (χ2n) is 7.92. The first-order chi connectivity index (χ1) is 13.9. The van der Waals surface area contributed by atoms with Gasteiger partial charge < -0.3 is 19.7 Å². The van der Waals surface area contributed by atoms with Gasteiger partial charge in [0, 0.05) is 25.8 Å². The summed E-state index contributed by atoms with van der Waals surface area (Å²) < 4.78 is 39.7. The van der Waals surface area contributed by atoms with Crippen LogP contribution in [0.1, 0.15) is 39.0 Å². The topological polar surface area (TPSA) is 98.2 Å². The van der Waals surface area contributed by atoms with Crippen molar-refractivity contribution >= 4 is 21.6 Å². The largest absolute Gasteiger partial charge is 0.495 e. The molecule has 0 radical (unpaired) electrons. The van der Waals surface area contributed by atoms with E-state index in [1.165, 1.54) is 37.5 Å². The van der Waals surface area contributed by atoms with Gasteiger partial charge in [0.05, 0.1) is 37.5 Å². The highest BCUT2D eigenvalue weighted by Crippen LogP contribution is 2.29. The van der Waals surface area contributed by atoms with Crippen molar-refractivity contribution in [1.82, 2.24) is 4.72 Å². The van der Waals surface area contributed by atoms with Crippen molar-refractivity contribution in [3.8, 4) is 5.75 Å². The van der Waals surface area contributed by atoms with Gasteiger partial charge in [0.25, 0.3) is 0 Å². The van der Waals surface area contributed by atoms with Crippen molar-refractivity contribution in [3.63, 3.8) is 0 Å². The van der Waals surface area contributed by atoms with E-state index >= 15 is 0 Å². The summed E-state index contributed by atoms with van der Waals surface area (Å²) in [4.78, 5) is 12.9. The van der Waals surface area contributed by atoms with Gasteiger partial charge in [0.15, 0.2) is 0 Å². The van der Waals surface area contributed by atoms with E-state index in [9.17, 15) is 13.2 Å². The monoisotopic (exact) mass is 426 g/mol. The Hall–Kier alpha value is -1.68. The van der Waals surface area contributed by atoms with Crippen LogP contribution >= 0.6 is 0 Å². The van der Waals surface area contributed by atoms with Gasteiger partial charge in [-0.05, 0) is 25.0 Å². The molecule has 1 heterocycles. The van der Waals surface area contributed by atoms with Crippen LogP contribution in [-0.2, 0) is 19.6 Å². The maximum Gasteiger partial charge on any atom is 0.240 e. The number of hydrogen-bond acceptors (Lipinski definition) is 5. The molecule has 1 aromatic rings. The number of sulfonamides is 1. The standard InChI is InChI=1S/C20H31N3O5S/c1-16(24)22-18-7-6-17(14-19(18)27-2)29(25,26)21-15-20(8-4-3-5-9-20)23-10-12-28-13-11-23/h6-7,14,21H,3-5,8-13,15H2,1-2H3,(H,22,24)/p+1. The van der Waals surface area contributed by atoms with Crippen molar-refractivity contribution in [2.24, 2.45) is 0 Å². The number of morpholine rings is 1. The number of ether oxygens (including phenoxy) is 2. The summed E-state index contributed by atoms with van der Waals surface area (Å²) in [6, 6.07) is 4.49. The van der Waals surface area contributed by atoms with Crippen LogP contribution in [0.25, 0.3) is 0 Å². The Morgan fingerprint density at radius 3 is 2.52 bits per heavy atom. The molecule has 1 saturated heterocycles. The van der Waals surface area contributed by atoms with Gasteiger partial charge in [-0.2, -0.15) is 0 Å². The first-order valence-corrected chi connectivity index (χ1v) is 11.7. The zero-order valence-electron chi connectivity index (χ0n) is 17.3. The fourth-order valence-corrected chi connectivity index (χ4v) is 5.62. The molecule has 3 N–H and O–H groups in total. The molecule has 2 aliphatic rings. The van der Waals surface area contributed by atoms with E-state index < -0.39 is 10.0 Å². The Bertz CT molecular complexity index is 815. The Labute approximate surface area is 173 Å². The molecule has 1 aromatic carbocycles. The minimum absolute atomic E-state index is 0.0741. The number of quaternary nitrogens is 1. The summed E-state index contributed by atoms with van der Waals surface area (Å²) >= 11 is 0. The zero-order chi connectivity index (χ0) is 20.9. The predicted molar refractivity (Wildman–Crippen MR) is 110 cm³/mol. The van der Waals surface area contributed by atoms with E-state index in [4.69, 9.17) is 9.47 Å². The maximum atomic E-state index is 13.0. The van der Waals surface area contributed by atoms with E-state index in [-0.39, 0.29) is 16.3 Å². The van der Waals surface area contributed by atoms with Gasteiger partial charge in [0.2, 0.25) is 15.9 Å². The fourth-order valence-electron chi connectivity index (χ4n) is 4.48. The Balaban J connectivity index is 1.77. The van der Waals surface area contributed by atoms with Crippen LogP contribution in [0.2, 0.25) is 0 Å². The van der Waals surface area contributed by atoms with Crippen molar-refractivity contribution < 1.29 is 27.6 Å². The molecule has 1 amide bonds. The van der Waals surface area contributed by atoms with E-state index in [1.54, 1.807) is 6.07 Å². The molecule has 1 saturated carbocycles. The Morgan fingerprint density at radius 2 is 1.90 bits per heavy atom. The molecule has 0 atom stereocenters. The molecule has 0 unspecified atom stereocenters.